The number of benzene rings is 2. The van der Waals surface area contributed by atoms with Gasteiger partial charge in [0.05, 0.1) is 16.8 Å². The number of nitrogens with zero attached hydrogens (tertiary/aromatic N) is 1. The van der Waals surface area contributed by atoms with Crippen molar-refractivity contribution in [3.05, 3.63) is 52.2 Å². The van der Waals surface area contributed by atoms with Crippen molar-refractivity contribution in [3.8, 4) is 11.1 Å². The van der Waals surface area contributed by atoms with E-state index < -0.39 is 17.7 Å². The predicted molar refractivity (Wildman–Crippen MR) is 126 cm³/mol. The summed E-state index contributed by atoms with van der Waals surface area (Å²) in [7, 11) is 0. The lowest BCUT2D eigenvalue weighted by atomic mass is 9.87. The van der Waals surface area contributed by atoms with Crippen LogP contribution in [-0.2, 0) is 14.3 Å². The number of rotatable bonds is 4. The van der Waals surface area contributed by atoms with Gasteiger partial charge in [0, 0.05) is 21.7 Å². The van der Waals surface area contributed by atoms with E-state index in [-0.39, 0.29) is 11.9 Å². The molecule has 0 bridgehead atoms. The fraction of sp³-hybridized carbons (Fsp3) is 0.360. The molecule has 2 atom stereocenters. The lowest BCUT2D eigenvalue weighted by Crippen LogP contribution is -2.31. The summed E-state index contributed by atoms with van der Waals surface area (Å²) in [4.78, 5) is 25.2. The Balaban J connectivity index is 2.17. The summed E-state index contributed by atoms with van der Waals surface area (Å²) in [5.74, 6) is -1.22. The van der Waals surface area contributed by atoms with Crippen LogP contribution >= 0.6 is 11.6 Å². The standard InChI is InChI=1S/C25H27ClN2O4/c1-12-11-17-19(15-7-9-16(26)10-8-15)18(22(24(30)31)32-25(4,5)6)13(2)20-21(17)28(12)14(3)23(29)27-20/h7-11,14,22H,1-6H3,(H,27,29)(H,30,31)/t14?,22-/m0/s1. The number of ether oxygens (including phenoxy) is 1. The largest absolute Gasteiger partial charge is 0.479 e. The maximum Gasteiger partial charge on any atom is 0.337 e. The molecular formula is C25H27ClN2O4. The van der Waals surface area contributed by atoms with Crippen LogP contribution in [0.4, 0.5) is 5.69 Å². The van der Waals surface area contributed by atoms with Crippen LogP contribution in [0.1, 0.15) is 56.7 Å². The van der Waals surface area contributed by atoms with E-state index in [0.29, 0.717) is 21.8 Å². The molecule has 2 N–H and O–H groups in total. The summed E-state index contributed by atoms with van der Waals surface area (Å²) in [5.41, 5.74) is 4.58. The first-order chi connectivity index (χ1) is 14.9. The van der Waals surface area contributed by atoms with Gasteiger partial charge in [-0.25, -0.2) is 4.79 Å². The van der Waals surface area contributed by atoms with Crippen LogP contribution < -0.4 is 5.32 Å². The third-order valence-electron chi connectivity index (χ3n) is 5.89. The highest BCUT2D eigenvalue weighted by Crippen LogP contribution is 2.47. The van der Waals surface area contributed by atoms with Crippen LogP contribution in [-0.4, -0.2) is 27.2 Å². The second-order valence-electron chi connectivity index (χ2n) is 9.33. The van der Waals surface area contributed by atoms with Crippen LogP contribution in [0.3, 0.4) is 0 Å². The molecule has 1 unspecified atom stereocenters. The van der Waals surface area contributed by atoms with E-state index in [0.717, 1.165) is 27.7 Å². The number of hydrogen-bond acceptors (Lipinski definition) is 3. The van der Waals surface area contributed by atoms with Crippen molar-refractivity contribution < 1.29 is 19.4 Å². The number of carbonyl (C=O) groups excluding carboxylic acids is 1. The SMILES string of the molecule is Cc1c([C@H](OC(C)(C)C)C(=O)O)c(-c2ccc(Cl)cc2)c2cc(C)n3c2c1NC(=O)C3C. The Labute approximate surface area is 192 Å². The molecule has 2 heterocycles. The van der Waals surface area contributed by atoms with Gasteiger partial charge in [0.2, 0.25) is 5.91 Å². The first-order valence-electron chi connectivity index (χ1n) is 10.6. The first kappa shape index (κ1) is 22.4. The van der Waals surface area contributed by atoms with Crippen LogP contribution in [0.5, 0.6) is 0 Å². The Morgan fingerprint density at radius 1 is 1.22 bits per heavy atom. The molecule has 1 amide bonds. The number of nitrogens with one attached hydrogen (secondary N) is 1. The molecule has 32 heavy (non-hydrogen) atoms. The van der Waals surface area contributed by atoms with Crippen molar-refractivity contribution in [2.45, 2.75) is 59.3 Å². The van der Waals surface area contributed by atoms with E-state index in [4.69, 9.17) is 16.3 Å². The Morgan fingerprint density at radius 3 is 2.41 bits per heavy atom. The molecule has 7 heteroatoms. The number of carbonyl (C=O) groups is 2. The fourth-order valence-corrected chi connectivity index (χ4v) is 4.71. The monoisotopic (exact) mass is 454 g/mol. The number of carboxylic acids is 1. The molecule has 0 saturated carbocycles. The first-order valence-corrected chi connectivity index (χ1v) is 10.9. The fourth-order valence-electron chi connectivity index (χ4n) is 4.58. The minimum Gasteiger partial charge on any atom is -0.479 e. The summed E-state index contributed by atoms with van der Waals surface area (Å²) >= 11 is 6.14. The highest BCUT2D eigenvalue weighted by atomic mass is 35.5. The molecule has 0 fully saturated rings. The molecule has 3 aromatic rings. The Morgan fingerprint density at radius 2 is 1.84 bits per heavy atom. The van der Waals surface area contributed by atoms with E-state index in [1.807, 2.05) is 64.3 Å². The summed E-state index contributed by atoms with van der Waals surface area (Å²) in [6.45, 7) is 11.1. The Kier molecular flexibility index (Phi) is 5.34. The average Bonchev–Trinajstić information content (AvgIpc) is 3.03. The van der Waals surface area contributed by atoms with Crippen molar-refractivity contribution >= 4 is 40.1 Å². The zero-order chi connectivity index (χ0) is 23.5. The lowest BCUT2D eigenvalue weighted by Gasteiger charge is -2.31. The zero-order valence-electron chi connectivity index (χ0n) is 19.0. The van der Waals surface area contributed by atoms with Crippen molar-refractivity contribution in [3.63, 3.8) is 0 Å². The van der Waals surface area contributed by atoms with E-state index in [2.05, 4.69) is 5.32 Å². The summed E-state index contributed by atoms with van der Waals surface area (Å²) in [5, 5.41) is 14.7. The molecule has 1 aromatic heterocycles. The van der Waals surface area contributed by atoms with Gasteiger partial charge < -0.3 is 19.7 Å². The second-order valence-corrected chi connectivity index (χ2v) is 9.76. The third kappa shape index (κ3) is 3.57. The Hall–Kier alpha value is -2.83. The molecule has 6 nitrogen and oxygen atoms in total. The number of amides is 1. The number of carboxylic acid groups (broad SMARTS) is 1. The van der Waals surface area contributed by atoms with Crippen molar-refractivity contribution in [1.82, 2.24) is 4.57 Å². The molecule has 0 spiro atoms. The highest BCUT2D eigenvalue weighted by molar-refractivity contribution is 6.30. The van der Waals surface area contributed by atoms with Crippen LogP contribution in [0.25, 0.3) is 22.0 Å². The summed E-state index contributed by atoms with van der Waals surface area (Å²) in [6, 6.07) is 8.99. The lowest BCUT2D eigenvalue weighted by molar-refractivity contribution is -0.160. The molecule has 1 aliphatic heterocycles. The van der Waals surface area contributed by atoms with Gasteiger partial charge in [-0.3, -0.25) is 4.79 Å². The molecule has 0 saturated heterocycles. The highest BCUT2D eigenvalue weighted by Gasteiger charge is 2.36. The van der Waals surface area contributed by atoms with Crippen LogP contribution in [0, 0.1) is 13.8 Å². The smallest absolute Gasteiger partial charge is 0.337 e. The van der Waals surface area contributed by atoms with Gasteiger partial charge in [0.15, 0.2) is 6.10 Å². The number of aromatic nitrogens is 1. The van der Waals surface area contributed by atoms with Crippen molar-refractivity contribution in [2.75, 3.05) is 5.32 Å². The van der Waals surface area contributed by atoms with Crippen LogP contribution in [0.15, 0.2) is 30.3 Å². The minimum absolute atomic E-state index is 0.130. The van der Waals surface area contributed by atoms with E-state index in [1.165, 1.54) is 0 Å². The summed E-state index contributed by atoms with van der Waals surface area (Å²) in [6.07, 6.45) is -1.22. The van der Waals surface area contributed by atoms with E-state index in [1.54, 1.807) is 12.1 Å². The number of anilines is 1. The Bertz CT molecular complexity index is 1250. The molecule has 168 valence electrons. The van der Waals surface area contributed by atoms with Gasteiger partial charge >= 0.3 is 5.97 Å². The molecule has 4 rings (SSSR count). The quantitative estimate of drug-likeness (QED) is 0.504. The maximum atomic E-state index is 12.7. The maximum absolute atomic E-state index is 12.7. The molecule has 0 radical (unpaired) electrons. The van der Waals surface area contributed by atoms with Gasteiger partial charge in [0.1, 0.15) is 6.04 Å². The zero-order valence-corrected chi connectivity index (χ0v) is 19.8. The predicted octanol–water partition coefficient (Wildman–Crippen LogP) is 6.03. The number of aliphatic carboxylic acids is 1. The number of aryl methyl sites for hydroxylation is 1. The third-order valence-corrected chi connectivity index (χ3v) is 6.14. The number of halogens is 1. The van der Waals surface area contributed by atoms with Crippen molar-refractivity contribution in [2.24, 2.45) is 0 Å². The topological polar surface area (TPSA) is 80.6 Å². The van der Waals surface area contributed by atoms with Gasteiger partial charge in [-0.2, -0.15) is 0 Å². The van der Waals surface area contributed by atoms with Gasteiger partial charge in [-0.1, -0.05) is 23.7 Å². The van der Waals surface area contributed by atoms with Crippen LogP contribution in [0.2, 0.25) is 5.02 Å². The minimum atomic E-state index is -1.22. The molecular weight excluding hydrogens is 428 g/mol. The van der Waals surface area contributed by atoms with E-state index >= 15 is 0 Å². The van der Waals surface area contributed by atoms with Gasteiger partial charge in [-0.15, -0.1) is 0 Å². The van der Waals surface area contributed by atoms with Crippen molar-refractivity contribution in [1.29, 1.82) is 0 Å². The number of hydrogen-bond donors (Lipinski definition) is 2. The average molecular weight is 455 g/mol. The molecule has 0 aliphatic carbocycles. The normalized spacial score (nSPS) is 16.8. The molecule has 2 aromatic carbocycles. The van der Waals surface area contributed by atoms with E-state index in [9.17, 15) is 14.7 Å². The van der Waals surface area contributed by atoms with Gasteiger partial charge in [0.25, 0.3) is 0 Å². The summed E-state index contributed by atoms with van der Waals surface area (Å²) < 4.78 is 8.07. The second kappa shape index (κ2) is 7.64. The molecule has 1 aliphatic rings. The van der Waals surface area contributed by atoms with Gasteiger partial charge in [-0.05, 0) is 76.4 Å².